The fourth-order valence-corrected chi connectivity index (χ4v) is 1.35. The zero-order chi connectivity index (χ0) is 12.5. The van der Waals surface area contributed by atoms with Crippen molar-refractivity contribution in [3.8, 4) is 5.75 Å². The molecule has 0 saturated carbocycles. The highest BCUT2D eigenvalue weighted by Crippen LogP contribution is 2.12. The van der Waals surface area contributed by atoms with Crippen LogP contribution < -0.4 is 4.74 Å². The van der Waals surface area contributed by atoms with E-state index < -0.39 is 0 Å². The average Bonchev–Trinajstić information content (AvgIpc) is 2.37. The minimum Gasteiger partial charge on any atom is -0.497 e. The maximum absolute atomic E-state index is 11.3. The molecular formula is C13H18O4. The van der Waals surface area contributed by atoms with E-state index in [1.165, 1.54) is 0 Å². The summed E-state index contributed by atoms with van der Waals surface area (Å²) >= 11 is 0. The van der Waals surface area contributed by atoms with Crippen LogP contribution in [0.2, 0.25) is 0 Å². The monoisotopic (exact) mass is 238 g/mol. The van der Waals surface area contributed by atoms with Crippen molar-refractivity contribution >= 4 is 5.97 Å². The molecule has 1 rings (SSSR count). The summed E-state index contributed by atoms with van der Waals surface area (Å²) in [5.74, 6) is 0.620. The van der Waals surface area contributed by atoms with Crippen molar-refractivity contribution in [1.82, 2.24) is 0 Å². The molecule has 0 aliphatic carbocycles. The molecule has 0 radical (unpaired) electrons. The van der Waals surface area contributed by atoms with E-state index in [-0.39, 0.29) is 5.97 Å². The standard InChI is InChI=1S/C13H18O4/c1-15-9-10-17-13(14)8-5-11-3-6-12(16-2)7-4-11/h3-4,6-7H,5,8-10H2,1-2H3. The molecule has 0 N–H and O–H groups in total. The number of methoxy groups -OCH3 is 2. The first-order chi connectivity index (χ1) is 8.26. The van der Waals surface area contributed by atoms with E-state index in [2.05, 4.69) is 0 Å². The number of esters is 1. The van der Waals surface area contributed by atoms with E-state index in [9.17, 15) is 4.79 Å². The van der Waals surface area contributed by atoms with Gasteiger partial charge in [-0.1, -0.05) is 12.1 Å². The van der Waals surface area contributed by atoms with E-state index in [0.717, 1.165) is 11.3 Å². The second-order valence-corrected chi connectivity index (χ2v) is 3.56. The molecule has 94 valence electrons. The summed E-state index contributed by atoms with van der Waals surface area (Å²) in [5, 5.41) is 0. The largest absolute Gasteiger partial charge is 0.497 e. The van der Waals surface area contributed by atoms with Gasteiger partial charge in [-0.05, 0) is 24.1 Å². The van der Waals surface area contributed by atoms with Crippen LogP contribution in [-0.2, 0) is 20.7 Å². The minimum atomic E-state index is -0.196. The Balaban J connectivity index is 2.27. The highest BCUT2D eigenvalue weighted by atomic mass is 16.6. The Morgan fingerprint density at radius 2 is 1.82 bits per heavy atom. The summed E-state index contributed by atoms with van der Waals surface area (Å²) in [5.41, 5.74) is 1.09. The third-order valence-electron chi connectivity index (χ3n) is 2.33. The highest BCUT2D eigenvalue weighted by molar-refractivity contribution is 5.69. The SMILES string of the molecule is COCCOC(=O)CCc1ccc(OC)cc1. The Labute approximate surface area is 101 Å². The molecule has 0 aliphatic heterocycles. The third kappa shape index (κ3) is 5.36. The molecular weight excluding hydrogens is 220 g/mol. The van der Waals surface area contributed by atoms with Crippen molar-refractivity contribution in [1.29, 1.82) is 0 Å². The van der Waals surface area contributed by atoms with Crippen LogP contribution in [0.5, 0.6) is 5.75 Å². The second kappa shape index (κ2) is 7.68. The number of carbonyl (C=O) groups excluding carboxylic acids is 1. The smallest absolute Gasteiger partial charge is 0.306 e. The lowest BCUT2D eigenvalue weighted by Crippen LogP contribution is -2.10. The van der Waals surface area contributed by atoms with Crippen LogP contribution in [0, 0.1) is 0 Å². The number of ether oxygens (including phenoxy) is 3. The van der Waals surface area contributed by atoms with E-state index in [4.69, 9.17) is 14.2 Å². The minimum absolute atomic E-state index is 0.196. The quantitative estimate of drug-likeness (QED) is 0.537. The lowest BCUT2D eigenvalue weighted by molar-refractivity contribution is -0.144. The Morgan fingerprint density at radius 3 is 2.41 bits per heavy atom. The van der Waals surface area contributed by atoms with Crippen LogP contribution in [0.3, 0.4) is 0 Å². The molecule has 0 unspecified atom stereocenters. The molecule has 0 amide bonds. The molecule has 0 heterocycles. The zero-order valence-electron chi connectivity index (χ0n) is 10.3. The summed E-state index contributed by atoms with van der Waals surface area (Å²) in [6, 6.07) is 7.65. The van der Waals surface area contributed by atoms with Gasteiger partial charge < -0.3 is 14.2 Å². The number of hydrogen-bond donors (Lipinski definition) is 0. The molecule has 4 nitrogen and oxygen atoms in total. The van der Waals surface area contributed by atoms with E-state index in [1.54, 1.807) is 14.2 Å². The van der Waals surface area contributed by atoms with Crippen molar-refractivity contribution in [2.75, 3.05) is 27.4 Å². The molecule has 0 fully saturated rings. The number of hydrogen-bond acceptors (Lipinski definition) is 4. The fraction of sp³-hybridized carbons (Fsp3) is 0.462. The van der Waals surface area contributed by atoms with Crippen LogP contribution in [0.15, 0.2) is 24.3 Å². The van der Waals surface area contributed by atoms with Gasteiger partial charge in [-0.3, -0.25) is 4.79 Å². The first-order valence-electron chi connectivity index (χ1n) is 5.53. The van der Waals surface area contributed by atoms with Gasteiger partial charge in [0, 0.05) is 13.5 Å². The molecule has 0 aromatic heterocycles. The number of benzene rings is 1. The predicted octanol–water partition coefficient (Wildman–Crippen LogP) is 1.82. The zero-order valence-corrected chi connectivity index (χ0v) is 10.3. The third-order valence-corrected chi connectivity index (χ3v) is 2.33. The van der Waals surface area contributed by atoms with Crippen LogP contribution >= 0.6 is 0 Å². The predicted molar refractivity (Wildman–Crippen MR) is 64.2 cm³/mol. The summed E-state index contributed by atoms with van der Waals surface area (Å²) in [4.78, 5) is 11.3. The van der Waals surface area contributed by atoms with Gasteiger partial charge in [0.1, 0.15) is 12.4 Å². The van der Waals surface area contributed by atoms with E-state index >= 15 is 0 Å². The molecule has 0 bridgehead atoms. The maximum Gasteiger partial charge on any atom is 0.306 e. The van der Waals surface area contributed by atoms with Crippen LogP contribution in [0.25, 0.3) is 0 Å². The Morgan fingerprint density at radius 1 is 1.12 bits per heavy atom. The van der Waals surface area contributed by atoms with Crippen LogP contribution in [0.4, 0.5) is 0 Å². The number of rotatable bonds is 7. The maximum atomic E-state index is 11.3. The Bertz CT molecular complexity index is 332. The summed E-state index contributed by atoms with van der Waals surface area (Å²) in [6.07, 6.45) is 1.06. The van der Waals surface area contributed by atoms with Crippen molar-refractivity contribution in [3.05, 3.63) is 29.8 Å². The molecule has 4 heteroatoms. The molecule has 0 spiro atoms. The molecule has 17 heavy (non-hydrogen) atoms. The first-order valence-corrected chi connectivity index (χ1v) is 5.53. The van der Waals surface area contributed by atoms with Crippen molar-refractivity contribution < 1.29 is 19.0 Å². The molecule has 1 aromatic rings. The van der Waals surface area contributed by atoms with Crippen LogP contribution in [0.1, 0.15) is 12.0 Å². The molecule has 0 saturated heterocycles. The lowest BCUT2D eigenvalue weighted by Gasteiger charge is -2.05. The average molecular weight is 238 g/mol. The fourth-order valence-electron chi connectivity index (χ4n) is 1.35. The first kappa shape index (κ1) is 13.5. The van der Waals surface area contributed by atoms with Crippen molar-refractivity contribution in [2.24, 2.45) is 0 Å². The van der Waals surface area contributed by atoms with Gasteiger partial charge in [0.2, 0.25) is 0 Å². The second-order valence-electron chi connectivity index (χ2n) is 3.56. The van der Waals surface area contributed by atoms with Gasteiger partial charge >= 0.3 is 5.97 Å². The van der Waals surface area contributed by atoms with Gasteiger partial charge in [-0.15, -0.1) is 0 Å². The van der Waals surface area contributed by atoms with Gasteiger partial charge in [0.25, 0.3) is 0 Å². The van der Waals surface area contributed by atoms with Crippen molar-refractivity contribution in [2.45, 2.75) is 12.8 Å². The lowest BCUT2D eigenvalue weighted by atomic mass is 10.1. The summed E-state index contributed by atoms with van der Waals surface area (Å²) in [7, 11) is 3.20. The van der Waals surface area contributed by atoms with Gasteiger partial charge in [0.15, 0.2) is 0 Å². The highest BCUT2D eigenvalue weighted by Gasteiger charge is 2.03. The normalized spacial score (nSPS) is 10.0. The molecule has 0 atom stereocenters. The molecule has 1 aromatic carbocycles. The van der Waals surface area contributed by atoms with Gasteiger partial charge in [-0.25, -0.2) is 0 Å². The van der Waals surface area contributed by atoms with Gasteiger partial charge in [-0.2, -0.15) is 0 Å². The van der Waals surface area contributed by atoms with Crippen molar-refractivity contribution in [3.63, 3.8) is 0 Å². The summed E-state index contributed by atoms with van der Waals surface area (Å²) < 4.78 is 14.8. The van der Waals surface area contributed by atoms with Crippen LogP contribution in [-0.4, -0.2) is 33.4 Å². The van der Waals surface area contributed by atoms with E-state index in [0.29, 0.717) is 26.1 Å². The van der Waals surface area contributed by atoms with Gasteiger partial charge in [0.05, 0.1) is 13.7 Å². The Kier molecular flexibility index (Phi) is 6.10. The summed E-state index contributed by atoms with van der Waals surface area (Å²) in [6.45, 7) is 0.756. The number of aryl methyl sites for hydroxylation is 1. The topological polar surface area (TPSA) is 44.8 Å². The number of carbonyl (C=O) groups is 1. The molecule has 0 aliphatic rings. The van der Waals surface area contributed by atoms with E-state index in [1.807, 2.05) is 24.3 Å². The Hall–Kier alpha value is -1.55.